The van der Waals surface area contributed by atoms with Gasteiger partial charge >= 0.3 is 17.9 Å². The number of hydrogen-bond acceptors (Lipinski definition) is 7. The zero-order chi connectivity index (χ0) is 15.4. The van der Waals surface area contributed by atoms with E-state index in [2.05, 4.69) is 15.9 Å². The summed E-state index contributed by atoms with van der Waals surface area (Å²) < 4.78 is 20.9. The maximum Gasteiger partial charge on any atom is 0.303 e. The fraction of sp³-hybridized carbons (Fsp3) is 0.750. The van der Waals surface area contributed by atoms with E-state index in [0.717, 1.165) is 0 Å². The smallest absolute Gasteiger partial charge is 0.303 e. The summed E-state index contributed by atoms with van der Waals surface area (Å²) in [5.74, 6) is -1.67. The Balaban J connectivity index is 3.01. The largest absolute Gasteiger partial charge is 0.456 e. The van der Waals surface area contributed by atoms with Gasteiger partial charge in [0.2, 0.25) is 0 Å². The Morgan fingerprint density at radius 3 is 1.70 bits per heavy atom. The summed E-state index contributed by atoms with van der Waals surface area (Å²) in [7, 11) is 0. The van der Waals surface area contributed by atoms with E-state index in [-0.39, 0.29) is 0 Å². The summed E-state index contributed by atoms with van der Waals surface area (Å²) >= 11 is 3.22. The zero-order valence-corrected chi connectivity index (χ0v) is 13.2. The Labute approximate surface area is 125 Å². The molecule has 5 atom stereocenters. The first-order valence-corrected chi connectivity index (χ1v) is 6.95. The molecule has 8 heteroatoms. The van der Waals surface area contributed by atoms with Crippen LogP contribution >= 0.6 is 15.9 Å². The highest BCUT2D eigenvalue weighted by molar-refractivity contribution is 9.09. The predicted octanol–water partition coefficient (Wildman–Crippen LogP) is 0.921. The maximum atomic E-state index is 11.2. The molecule has 1 fully saturated rings. The third-order valence-electron chi connectivity index (χ3n) is 2.62. The van der Waals surface area contributed by atoms with Crippen molar-refractivity contribution in [1.29, 1.82) is 0 Å². The van der Waals surface area contributed by atoms with Crippen LogP contribution in [0.15, 0.2) is 0 Å². The van der Waals surface area contributed by atoms with E-state index in [1.807, 2.05) is 0 Å². The molecule has 114 valence electrons. The number of carbonyl (C=O) groups is 3. The minimum atomic E-state index is -0.937. The Morgan fingerprint density at radius 2 is 1.25 bits per heavy atom. The molecule has 0 bridgehead atoms. The van der Waals surface area contributed by atoms with E-state index in [4.69, 9.17) is 18.9 Å². The SMILES string of the molecule is CC(=O)O[C@@H]1[C@@H](OC(C)=O)[C@@H](OC(C)=O)C(Br)O[C@H]1C. The second-order valence-electron chi connectivity index (χ2n) is 4.41. The summed E-state index contributed by atoms with van der Waals surface area (Å²) in [6.07, 6.45) is -3.22. The van der Waals surface area contributed by atoms with E-state index < -0.39 is 47.3 Å². The molecule has 0 aromatic rings. The van der Waals surface area contributed by atoms with Crippen molar-refractivity contribution < 1.29 is 33.3 Å². The van der Waals surface area contributed by atoms with Crippen LogP contribution in [0.25, 0.3) is 0 Å². The van der Waals surface area contributed by atoms with Crippen LogP contribution in [0, 0.1) is 0 Å². The Morgan fingerprint density at radius 1 is 0.850 bits per heavy atom. The lowest BCUT2D eigenvalue weighted by Gasteiger charge is -2.41. The second kappa shape index (κ2) is 7.03. The highest BCUT2D eigenvalue weighted by atomic mass is 79.9. The van der Waals surface area contributed by atoms with Crippen molar-refractivity contribution in [2.75, 3.05) is 0 Å². The zero-order valence-electron chi connectivity index (χ0n) is 11.6. The monoisotopic (exact) mass is 352 g/mol. The van der Waals surface area contributed by atoms with Crippen molar-refractivity contribution in [3.8, 4) is 0 Å². The molecule has 0 N–H and O–H groups in total. The molecule has 7 nitrogen and oxygen atoms in total. The number of carbonyl (C=O) groups excluding carboxylic acids is 3. The van der Waals surface area contributed by atoms with Crippen molar-refractivity contribution in [2.24, 2.45) is 0 Å². The molecule has 0 aliphatic carbocycles. The van der Waals surface area contributed by atoms with Gasteiger partial charge in [-0.3, -0.25) is 14.4 Å². The van der Waals surface area contributed by atoms with E-state index in [9.17, 15) is 14.4 Å². The molecule has 1 rings (SSSR count). The number of rotatable bonds is 3. The summed E-state index contributed by atoms with van der Waals surface area (Å²) in [5, 5.41) is -0.669. The standard InChI is InChI=1S/C12H17BrO7/c1-5-9(18-6(2)14)10(19-7(3)15)11(12(13)17-5)20-8(4)16/h5,9-12H,1-4H3/t5-,9-,10+,11+,12?/m0/s1. The molecular weight excluding hydrogens is 336 g/mol. The molecule has 1 saturated heterocycles. The predicted molar refractivity (Wildman–Crippen MR) is 69.9 cm³/mol. The van der Waals surface area contributed by atoms with Gasteiger partial charge < -0.3 is 18.9 Å². The molecule has 1 aliphatic rings. The average Bonchev–Trinajstić information content (AvgIpc) is 2.27. The second-order valence-corrected chi connectivity index (χ2v) is 5.32. The van der Waals surface area contributed by atoms with Crippen molar-refractivity contribution in [1.82, 2.24) is 0 Å². The van der Waals surface area contributed by atoms with Gasteiger partial charge in [0.15, 0.2) is 23.3 Å². The van der Waals surface area contributed by atoms with E-state index >= 15 is 0 Å². The molecule has 1 aliphatic heterocycles. The summed E-state index contributed by atoms with van der Waals surface area (Å²) in [5.41, 5.74) is 0. The van der Waals surface area contributed by atoms with E-state index in [1.165, 1.54) is 20.8 Å². The molecule has 0 spiro atoms. The number of ether oxygens (including phenoxy) is 4. The van der Waals surface area contributed by atoms with Gasteiger partial charge in [-0.25, -0.2) is 0 Å². The third-order valence-corrected chi connectivity index (χ3v) is 3.36. The summed E-state index contributed by atoms with van der Waals surface area (Å²) in [6.45, 7) is 5.35. The Hall–Kier alpha value is -1.15. The number of esters is 3. The Kier molecular flexibility index (Phi) is 5.94. The first-order valence-electron chi connectivity index (χ1n) is 6.03. The fourth-order valence-electron chi connectivity index (χ4n) is 1.96. The van der Waals surface area contributed by atoms with Crippen LogP contribution < -0.4 is 0 Å². The van der Waals surface area contributed by atoms with E-state index in [0.29, 0.717) is 0 Å². The Bertz CT molecular complexity index is 369. The van der Waals surface area contributed by atoms with Crippen molar-refractivity contribution >= 4 is 33.8 Å². The van der Waals surface area contributed by atoms with Crippen molar-refractivity contribution in [2.45, 2.75) is 57.1 Å². The topological polar surface area (TPSA) is 88.1 Å². The normalized spacial score (nSPS) is 33.1. The molecule has 0 aromatic heterocycles. The van der Waals surface area contributed by atoms with Crippen molar-refractivity contribution in [3.63, 3.8) is 0 Å². The minimum Gasteiger partial charge on any atom is -0.456 e. The van der Waals surface area contributed by atoms with Gasteiger partial charge in [0.05, 0.1) is 6.10 Å². The number of hydrogen-bond donors (Lipinski definition) is 0. The van der Waals surface area contributed by atoms with Crippen LogP contribution in [0.5, 0.6) is 0 Å². The minimum absolute atomic E-state index is 0.528. The molecule has 20 heavy (non-hydrogen) atoms. The number of halogens is 1. The molecule has 1 unspecified atom stereocenters. The quantitative estimate of drug-likeness (QED) is 0.424. The van der Waals surface area contributed by atoms with Gasteiger partial charge in [0.25, 0.3) is 0 Å². The molecule has 0 radical (unpaired) electrons. The van der Waals surface area contributed by atoms with Gasteiger partial charge in [0.1, 0.15) is 0 Å². The van der Waals surface area contributed by atoms with Crippen LogP contribution in [0.1, 0.15) is 27.7 Å². The van der Waals surface area contributed by atoms with Crippen LogP contribution in [0.4, 0.5) is 0 Å². The lowest BCUT2D eigenvalue weighted by Crippen LogP contribution is -2.59. The first kappa shape index (κ1) is 16.9. The molecule has 0 aromatic carbocycles. The number of alkyl halides is 1. The average molecular weight is 353 g/mol. The summed E-state index contributed by atoms with van der Waals surface area (Å²) in [4.78, 5) is 33.5. The molecule has 0 amide bonds. The van der Waals surface area contributed by atoms with Crippen LogP contribution in [-0.4, -0.2) is 47.3 Å². The van der Waals surface area contributed by atoms with Gasteiger partial charge in [-0.2, -0.15) is 0 Å². The third kappa shape index (κ3) is 4.45. The van der Waals surface area contributed by atoms with E-state index in [1.54, 1.807) is 6.92 Å². The first-order chi connectivity index (χ1) is 9.22. The van der Waals surface area contributed by atoms with Gasteiger partial charge in [-0.1, -0.05) is 15.9 Å². The maximum absolute atomic E-state index is 11.2. The van der Waals surface area contributed by atoms with Crippen LogP contribution in [0.2, 0.25) is 0 Å². The van der Waals surface area contributed by atoms with Crippen LogP contribution in [-0.2, 0) is 33.3 Å². The molecule has 0 saturated carbocycles. The summed E-state index contributed by atoms with van der Waals surface area (Å²) in [6, 6.07) is 0. The van der Waals surface area contributed by atoms with Crippen LogP contribution in [0.3, 0.4) is 0 Å². The van der Waals surface area contributed by atoms with Gasteiger partial charge in [-0.15, -0.1) is 0 Å². The van der Waals surface area contributed by atoms with Crippen molar-refractivity contribution in [3.05, 3.63) is 0 Å². The highest BCUT2D eigenvalue weighted by Gasteiger charge is 2.49. The molecular formula is C12H17BrO7. The lowest BCUT2D eigenvalue weighted by molar-refractivity contribution is -0.227. The van der Waals surface area contributed by atoms with Gasteiger partial charge in [-0.05, 0) is 6.92 Å². The molecule has 1 heterocycles. The lowest BCUT2D eigenvalue weighted by atomic mass is 10.00. The highest BCUT2D eigenvalue weighted by Crippen LogP contribution is 2.31. The van der Waals surface area contributed by atoms with Gasteiger partial charge in [0, 0.05) is 20.8 Å². The fourth-order valence-corrected chi connectivity index (χ4v) is 2.70.